The van der Waals surface area contributed by atoms with Gasteiger partial charge in [0.2, 0.25) is 5.91 Å². The largest absolute Gasteiger partial charge is 0.480 e. The number of hydrogen-bond donors (Lipinski definition) is 3. The summed E-state index contributed by atoms with van der Waals surface area (Å²) in [5.41, 5.74) is 7.32. The van der Waals surface area contributed by atoms with Crippen molar-refractivity contribution in [2.24, 2.45) is 5.92 Å². The second-order valence-electron chi connectivity index (χ2n) is 7.38. The number of carboxylic acids is 1. The maximum atomic E-state index is 13.2. The number of rotatable bonds is 5. The van der Waals surface area contributed by atoms with Crippen LogP contribution in [0.15, 0.2) is 24.3 Å². The third kappa shape index (κ3) is 4.99. The predicted molar refractivity (Wildman–Crippen MR) is 103 cm³/mol. The number of nitrogens with zero attached hydrogens (tertiary/aromatic N) is 2. The van der Waals surface area contributed by atoms with E-state index >= 15 is 0 Å². The maximum absolute atomic E-state index is 13.2. The maximum Gasteiger partial charge on any atom is 0.317 e. The number of carboxylic acid groups (broad SMARTS) is 1. The quantitative estimate of drug-likeness (QED) is 0.702. The molecule has 2 aliphatic rings. The van der Waals surface area contributed by atoms with Crippen LogP contribution in [-0.4, -0.2) is 66.1 Å². The number of aliphatic carboxylic acids is 1. The first kappa shape index (κ1) is 20.1. The molecule has 0 saturated carbocycles. The van der Waals surface area contributed by atoms with Gasteiger partial charge in [-0.1, -0.05) is 23.7 Å². The Morgan fingerprint density at radius 2 is 2.15 bits per heavy atom. The molecule has 8 heteroatoms. The Morgan fingerprint density at radius 3 is 2.89 bits per heavy atom. The molecule has 3 N–H and O–H groups in total. The molecule has 27 heavy (non-hydrogen) atoms. The fourth-order valence-electron chi connectivity index (χ4n) is 4.06. The highest BCUT2D eigenvalue weighted by atomic mass is 35.5. The van der Waals surface area contributed by atoms with Crippen LogP contribution in [0.1, 0.15) is 30.9 Å². The van der Waals surface area contributed by atoms with Gasteiger partial charge in [-0.05, 0) is 44.0 Å². The van der Waals surface area contributed by atoms with Crippen LogP contribution in [0.2, 0.25) is 5.02 Å². The highest BCUT2D eigenvalue weighted by Gasteiger charge is 2.37. The number of carbonyl (C=O) groups excluding carboxylic acids is 1. The molecule has 2 heterocycles. The fraction of sp³-hybridized carbons (Fsp3) is 0.579. The predicted octanol–water partition coefficient (Wildman–Crippen LogP) is 1.50. The summed E-state index contributed by atoms with van der Waals surface area (Å²) in [5.74, 6) is -0.863. The smallest absolute Gasteiger partial charge is 0.317 e. The van der Waals surface area contributed by atoms with E-state index in [4.69, 9.17) is 16.7 Å². The Kier molecular flexibility index (Phi) is 6.70. The summed E-state index contributed by atoms with van der Waals surface area (Å²) in [7, 11) is 1.84. The van der Waals surface area contributed by atoms with Crippen molar-refractivity contribution in [3.63, 3.8) is 0 Å². The van der Waals surface area contributed by atoms with Gasteiger partial charge in [0.25, 0.3) is 0 Å². The first-order valence-corrected chi connectivity index (χ1v) is 9.78. The molecule has 1 aromatic rings. The first-order chi connectivity index (χ1) is 13.0. The van der Waals surface area contributed by atoms with E-state index in [-0.39, 0.29) is 30.5 Å². The molecule has 7 nitrogen and oxygen atoms in total. The van der Waals surface area contributed by atoms with Gasteiger partial charge in [-0.2, -0.15) is 0 Å². The van der Waals surface area contributed by atoms with Crippen molar-refractivity contribution in [3.8, 4) is 0 Å². The zero-order valence-corrected chi connectivity index (χ0v) is 16.3. The van der Waals surface area contributed by atoms with Gasteiger partial charge in [0, 0.05) is 30.7 Å². The summed E-state index contributed by atoms with van der Waals surface area (Å²) in [6.45, 7) is 1.99. The van der Waals surface area contributed by atoms with Crippen molar-refractivity contribution in [2.75, 3.05) is 33.2 Å². The van der Waals surface area contributed by atoms with Crippen molar-refractivity contribution in [3.05, 3.63) is 34.9 Å². The zero-order chi connectivity index (χ0) is 19.4. The van der Waals surface area contributed by atoms with E-state index in [9.17, 15) is 9.59 Å². The summed E-state index contributed by atoms with van der Waals surface area (Å²) in [6, 6.07) is 7.69. The molecule has 3 atom stereocenters. The number of halogens is 1. The summed E-state index contributed by atoms with van der Waals surface area (Å²) in [4.78, 5) is 27.9. The molecule has 2 saturated heterocycles. The minimum Gasteiger partial charge on any atom is -0.480 e. The number of nitrogens with one attached hydrogen (secondary N) is 2. The highest BCUT2D eigenvalue weighted by molar-refractivity contribution is 6.30. The SMILES string of the molecule is CN(CC(=O)O)C1CCCN(C(=O)C2CNNC2c2cccc(Cl)c2)CC1. The monoisotopic (exact) mass is 394 g/mol. The summed E-state index contributed by atoms with van der Waals surface area (Å²) >= 11 is 6.11. The number of carbonyl (C=O) groups is 2. The van der Waals surface area contributed by atoms with Crippen LogP contribution in [0, 0.1) is 5.92 Å². The molecule has 0 aromatic heterocycles. The Hall–Kier alpha value is -1.67. The lowest BCUT2D eigenvalue weighted by Gasteiger charge is -2.28. The Morgan fingerprint density at radius 1 is 1.33 bits per heavy atom. The van der Waals surface area contributed by atoms with Crippen molar-refractivity contribution >= 4 is 23.5 Å². The minimum absolute atomic E-state index is 0.0336. The Labute approximate surface area is 164 Å². The molecule has 1 aromatic carbocycles. The van der Waals surface area contributed by atoms with Gasteiger partial charge in [0.15, 0.2) is 0 Å². The van der Waals surface area contributed by atoms with E-state index in [0.29, 0.717) is 18.1 Å². The van der Waals surface area contributed by atoms with E-state index in [1.54, 1.807) is 0 Å². The van der Waals surface area contributed by atoms with Crippen LogP contribution >= 0.6 is 11.6 Å². The van der Waals surface area contributed by atoms with Gasteiger partial charge in [0.1, 0.15) is 0 Å². The lowest BCUT2D eigenvalue weighted by Crippen LogP contribution is -2.41. The number of amides is 1. The Balaban J connectivity index is 1.64. The number of hydrogen-bond acceptors (Lipinski definition) is 5. The lowest BCUT2D eigenvalue weighted by atomic mass is 9.93. The van der Waals surface area contributed by atoms with Gasteiger partial charge < -0.3 is 10.0 Å². The summed E-state index contributed by atoms with van der Waals surface area (Å²) < 4.78 is 0. The highest BCUT2D eigenvalue weighted by Crippen LogP contribution is 2.29. The number of benzene rings is 1. The van der Waals surface area contributed by atoms with E-state index in [1.807, 2.05) is 41.1 Å². The van der Waals surface area contributed by atoms with E-state index in [1.165, 1.54) is 0 Å². The number of likely N-dealkylation sites (tertiary alicyclic amines) is 1. The standard InChI is InChI=1S/C19H27ClN4O3/c1-23(12-17(25)26)15-6-3-8-24(9-7-15)19(27)16-11-21-22-18(16)13-4-2-5-14(20)10-13/h2,4-5,10,15-16,18,21-22H,3,6-9,11-12H2,1H3,(H,25,26). The average Bonchev–Trinajstić information content (AvgIpc) is 2.98. The van der Waals surface area contributed by atoms with Gasteiger partial charge >= 0.3 is 5.97 Å². The lowest BCUT2D eigenvalue weighted by molar-refractivity contribution is -0.139. The van der Waals surface area contributed by atoms with Crippen LogP contribution in [0.3, 0.4) is 0 Å². The normalized spacial score (nSPS) is 26.2. The van der Waals surface area contributed by atoms with Crippen molar-refractivity contribution in [1.82, 2.24) is 20.7 Å². The van der Waals surface area contributed by atoms with Gasteiger partial charge in [-0.25, -0.2) is 5.43 Å². The van der Waals surface area contributed by atoms with E-state index in [2.05, 4.69) is 10.9 Å². The fourth-order valence-corrected chi connectivity index (χ4v) is 4.26. The molecule has 3 unspecified atom stereocenters. The van der Waals surface area contributed by atoms with Gasteiger partial charge in [-0.3, -0.25) is 19.9 Å². The third-order valence-electron chi connectivity index (χ3n) is 5.52. The molecule has 1 amide bonds. The number of hydrazine groups is 1. The van der Waals surface area contributed by atoms with E-state index < -0.39 is 5.97 Å². The van der Waals surface area contributed by atoms with Crippen LogP contribution in [0.4, 0.5) is 0 Å². The van der Waals surface area contributed by atoms with Crippen molar-refractivity contribution in [1.29, 1.82) is 0 Å². The third-order valence-corrected chi connectivity index (χ3v) is 5.76. The summed E-state index contributed by atoms with van der Waals surface area (Å²) in [6.07, 6.45) is 2.59. The molecular weight excluding hydrogens is 368 g/mol. The van der Waals surface area contributed by atoms with Crippen LogP contribution in [-0.2, 0) is 9.59 Å². The second kappa shape index (κ2) is 9.01. The summed E-state index contributed by atoms with van der Waals surface area (Å²) in [5, 5.41) is 9.65. The van der Waals surface area contributed by atoms with Crippen LogP contribution in [0.5, 0.6) is 0 Å². The number of likely N-dealkylation sites (N-methyl/N-ethyl adjacent to an activating group) is 1. The van der Waals surface area contributed by atoms with Crippen LogP contribution in [0.25, 0.3) is 0 Å². The second-order valence-corrected chi connectivity index (χ2v) is 7.82. The minimum atomic E-state index is -0.817. The molecule has 2 fully saturated rings. The molecule has 2 aliphatic heterocycles. The van der Waals surface area contributed by atoms with Crippen LogP contribution < -0.4 is 10.9 Å². The molecule has 0 bridgehead atoms. The molecule has 0 radical (unpaired) electrons. The van der Waals surface area contributed by atoms with Crippen molar-refractivity contribution < 1.29 is 14.7 Å². The molecule has 0 spiro atoms. The molecule has 0 aliphatic carbocycles. The first-order valence-electron chi connectivity index (χ1n) is 9.40. The van der Waals surface area contributed by atoms with E-state index in [0.717, 1.165) is 31.4 Å². The van der Waals surface area contributed by atoms with Gasteiger partial charge in [0.05, 0.1) is 18.5 Å². The topological polar surface area (TPSA) is 84.9 Å². The zero-order valence-electron chi connectivity index (χ0n) is 15.5. The Bertz CT molecular complexity index is 687. The van der Waals surface area contributed by atoms with Crippen molar-refractivity contribution in [2.45, 2.75) is 31.3 Å². The molecular formula is C19H27ClN4O3. The van der Waals surface area contributed by atoms with Gasteiger partial charge in [-0.15, -0.1) is 0 Å². The molecule has 3 rings (SSSR count). The molecule has 148 valence electrons. The average molecular weight is 395 g/mol.